The predicted molar refractivity (Wildman–Crippen MR) is 80.6 cm³/mol. The van der Waals surface area contributed by atoms with Gasteiger partial charge in [0.25, 0.3) is 0 Å². The molecule has 0 radical (unpaired) electrons. The van der Waals surface area contributed by atoms with Crippen molar-refractivity contribution < 1.29 is 4.79 Å². The maximum absolute atomic E-state index is 12.5. The summed E-state index contributed by atoms with van der Waals surface area (Å²) in [7, 11) is 2.15. The lowest BCUT2D eigenvalue weighted by molar-refractivity contribution is -0.131. The fraction of sp³-hybridized carbons (Fsp3) is 0.667. The Balaban J connectivity index is 1.88. The van der Waals surface area contributed by atoms with Crippen molar-refractivity contribution in [3.05, 3.63) is 22.4 Å². The molecule has 1 saturated heterocycles. The van der Waals surface area contributed by atoms with E-state index in [1.54, 1.807) is 11.3 Å². The predicted octanol–water partition coefficient (Wildman–Crippen LogP) is 2.65. The maximum Gasteiger partial charge on any atom is 0.230 e. The molecule has 0 spiro atoms. The molecule has 4 heteroatoms. The largest absolute Gasteiger partial charge is 0.342 e. The SMILES string of the molecule is CCN(C)C[C@@H]1CCN(C(=O)[C@@H](C)c2cccs2)C1. The van der Waals surface area contributed by atoms with Crippen LogP contribution in [-0.2, 0) is 4.79 Å². The zero-order valence-corrected chi connectivity index (χ0v) is 12.9. The van der Waals surface area contributed by atoms with Gasteiger partial charge in [-0.3, -0.25) is 4.79 Å². The van der Waals surface area contributed by atoms with Crippen molar-refractivity contribution in [2.45, 2.75) is 26.2 Å². The summed E-state index contributed by atoms with van der Waals surface area (Å²) in [6.45, 7) is 8.25. The van der Waals surface area contributed by atoms with E-state index in [0.29, 0.717) is 11.8 Å². The van der Waals surface area contributed by atoms with Crippen LogP contribution in [0.2, 0.25) is 0 Å². The van der Waals surface area contributed by atoms with E-state index in [9.17, 15) is 4.79 Å². The molecule has 3 nitrogen and oxygen atoms in total. The molecule has 0 bridgehead atoms. The van der Waals surface area contributed by atoms with Crippen molar-refractivity contribution in [1.29, 1.82) is 0 Å². The van der Waals surface area contributed by atoms with Gasteiger partial charge < -0.3 is 9.80 Å². The van der Waals surface area contributed by atoms with Crippen LogP contribution in [0.3, 0.4) is 0 Å². The van der Waals surface area contributed by atoms with Gasteiger partial charge in [-0.15, -0.1) is 11.3 Å². The summed E-state index contributed by atoms with van der Waals surface area (Å²) < 4.78 is 0. The van der Waals surface area contributed by atoms with Crippen molar-refractivity contribution in [2.75, 3.05) is 33.2 Å². The van der Waals surface area contributed by atoms with E-state index in [1.165, 1.54) is 4.88 Å². The van der Waals surface area contributed by atoms with Gasteiger partial charge in [-0.25, -0.2) is 0 Å². The van der Waals surface area contributed by atoms with E-state index in [2.05, 4.69) is 29.8 Å². The molecule has 0 aromatic carbocycles. The van der Waals surface area contributed by atoms with Crippen LogP contribution in [0.1, 0.15) is 31.1 Å². The molecule has 0 aliphatic carbocycles. The minimum Gasteiger partial charge on any atom is -0.342 e. The molecule has 0 saturated carbocycles. The lowest BCUT2D eigenvalue weighted by Crippen LogP contribution is -2.33. The molecule has 2 atom stereocenters. The van der Waals surface area contributed by atoms with Crippen molar-refractivity contribution in [3.63, 3.8) is 0 Å². The van der Waals surface area contributed by atoms with Crippen molar-refractivity contribution in [2.24, 2.45) is 5.92 Å². The molecule has 1 aromatic rings. The van der Waals surface area contributed by atoms with Crippen LogP contribution in [0.5, 0.6) is 0 Å². The molecular formula is C15H24N2OS. The molecule has 1 aliphatic heterocycles. The highest BCUT2D eigenvalue weighted by atomic mass is 32.1. The number of hydrogen-bond donors (Lipinski definition) is 0. The first-order chi connectivity index (χ1) is 9.11. The van der Waals surface area contributed by atoms with E-state index in [1.807, 2.05) is 18.4 Å². The fourth-order valence-corrected chi connectivity index (χ4v) is 3.46. The second-order valence-corrected chi connectivity index (χ2v) is 6.51. The summed E-state index contributed by atoms with van der Waals surface area (Å²) in [5.74, 6) is 0.955. The summed E-state index contributed by atoms with van der Waals surface area (Å²) >= 11 is 1.68. The third-order valence-corrected chi connectivity index (χ3v) is 5.10. The Labute approximate surface area is 120 Å². The lowest BCUT2D eigenvalue weighted by Gasteiger charge is -2.22. The number of amides is 1. The summed E-state index contributed by atoms with van der Waals surface area (Å²) in [4.78, 5) is 18.0. The van der Waals surface area contributed by atoms with Crippen LogP contribution in [0.25, 0.3) is 0 Å². The summed E-state index contributed by atoms with van der Waals surface area (Å²) in [6, 6.07) is 4.08. The van der Waals surface area contributed by atoms with Gasteiger partial charge in [0.2, 0.25) is 5.91 Å². The van der Waals surface area contributed by atoms with Gasteiger partial charge in [0, 0.05) is 24.5 Å². The second-order valence-electron chi connectivity index (χ2n) is 5.53. The van der Waals surface area contributed by atoms with Crippen LogP contribution in [0.15, 0.2) is 17.5 Å². The number of nitrogens with zero attached hydrogens (tertiary/aromatic N) is 2. The van der Waals surface area contributed by atoms with Gasteiger partial charge in [-0.1, -0.05) is 13.0 Å². The third kappa shape index (κ3) is 3.57. The van der Waals surface area contributed by atoms with Gasteiger partial charge in [0.1, 0.15) is 0 Å². The molecule has 1 amide bonds. The van der Waals surface area contributed by atoms with E-state index in [0.717, 1.165) is 32.6 Å². The number of carbonyl (C=O) groups excluding carboxylic acids is 1. The monoisotopic (exact) mass is 280 g/mol. The fourth-order valence-electron chi connectivity index (χ4n) is 2.68. The van der Waals surface area contributed by atoms with Gasteiger partial charge in [0.05, 0.1) is 5.92 Å². The average Bonchev–Trinajstić information content (AvgIpc) is 3.07. The number of thiophene rings is 1. The van der Waals surface area contributed by atoms with Crippen LogP contribution >= 0.6 is 11.3 Å². The Hall–Kier alpha value is -0.870. The quantitative estimate of drug-likeness (QED) is 0.828. The molecule has 1 aromatic heterocycles. The van der Waals surface area contributed by atoms with E-state index in [4.69, 9.17) is 0 Å². The summed E-state index contributed by atoms with van der Waals surface area (Å²) in [5.41, 5.74) is 0. The Morgan fingerprint density at radius 3 is 3.05 bits per heavy atom. The Bertz CT molecular complexity index is 404. The van der Waals surface area contributed by atoms with E-state index >= 15 is 0 Å². The van der Waals surface area contributed by atoms with Gasteiger partial charge in [0.15, 0.2) is 0 Å². The van der Waals surface area contributed by atoms with Crippen molar-refractivity contribution in [3.8, 4) is 0 Å². The number of hydrogen-bond acceptors (Lipinski definition) is 3. The molecule has 19 heavy (non-hydrogen) atoms. The third-order valence-electron chi connectivity index (χ3n) is 4.05. The number of carbonyl (C=O) groups is 1. The van der Waals surface area contributed by atoms with Gasteiger partial charge >= 0.3 is 0 Å². The molecule has 1 aliphatic rings. The van der Waals surface area contributed by atoms with Crippen molar-refractivity contribution >= 4 is 17.2 Å². The average molecular weight is 280 g/mol. The first kappa shape index (κ1) is 14.5. The van der Waals surface area contributed by atoms with Crippen molar-refractivity contribution in [1.82, 2.24) is 9.80 Å². The molecule has 2 rings (SSSR count). The molecular weight excluding hydrogens is 256 g/mol. The highest BCUT2D eigenvalue weighted by Gasteiger charge is 2.30. The Morgan fingerprint density at radius 1 is 1.63 bits per heavy atom. The maximum atomic E-state index is 12.5. The van der Waals surface area contributed by atoms with Gasteiger partial charge in [-0.2, -0.15) is 0 Å². The van der Waals surface area contributed by atoms with E-state index < -0.39 is 0 Å². The normalized spacial score (nSPS) is 21.1. The van der Waals surface area contributed by atoms with Gasteiger partial charge in [-0.05, 0) is 44.3 Å². The topological polar surface area (TPSA) is 23.6 Å². The minimum atomic E-state index is 0.0163. The second kappa shape index (κ2) is 6.53. The zero-order chi connectivity index (χ0) is 13.8. The first-order valence-corrected chi connectivity index (χ1v) is 8.00. The highest BCUT2D eigenvalue weighted by Crippen LogP contribution is 2.26. The molecule has 0 N–H and O–H groups in total. The number of likely N-dealkylation sites (tertiary alicyclic amines) is 1. The van der Waals surface area contributed by atoms with Crippen LogP contribution < -0.4 is 0 Å². The summed E-state index contributed by atoms with van der Waals surface area (Å²) in [5, 5.41) is 2.04. The summed E-state index contributed by atoms with van der Waals surface area (Å²) in [6.07, 6.45) is 1.15. The Morgan fingerprint density at radius 2 is 2.42 bits per heavy atom. The lowest BCUT2D eigenvalue weighted by atomic mass is 10.1. The molecule has 2 heterocycles. The standard InChI is InChI=1S/C15H24N2OS/c1-4-16(3)10-13-7-8-17(11-13)15(18)12(2)14-6-5-9-19-14/h5-6,9,12-13H,4,7-8,10-11H2,1-3H3/t12-,13-/m0/s1. The van der Waals surface area contributed by atoms with Crippen LogP contribution in [0.4, 0.5) is 0 Å². The minimum absolute atomic E-state index is 0.0163. The van der Waals surface area contributed by atoms with Crippen LogP contribution in [0, 0.1) is 5.92 Å². The van der Waals surface area contributed by atoms with E-state index in [-0.39, 0.29) is 5.92 Å². The molecule has 106 valence electrons. The Kier molecular flexibility index (Phi) is 4.99. The molecule has 0 unspecified atom stereocenters. The number of rotatable bonds is 5. The first-order valence-electron chi connectivity index (χ1n) is 7.12. The van der Waals surface area contributed by atoms with Crippen LogP contribution in [-0.4, -0.2) is 48.9 Å². The molecule has 1 fully saturated rings. The smallest absolute Gasteiger partial charge is 0.230 e. The highest BCUT2D eigenvalue weighted by molar-refractivity contribution is 7.10. The zero-order valence-electron chi connectivity index (χ0n) is 12.1.